The van der Waals surface area contributed by atoms with Gasteiger partial charge < -0.3 is 5.32 Å². The molecule has 30 heavy (non-hydrogen) atoms. The van der Waals surface area contributed by atoms with Crippen molar-refractivity contribution in [2.45, 2.75) is 32.2 Å². The second-order valence-electron chi connectivity index (χ2n) is 7.50. The monoisotopic (exact) mass is 422 g/mol. The highest BCUT2D eigenvalue weighted by molar-refractivity contribution is 7.89. The molecule has 0 radical (unpaired) electrons. The summed E-state index contributed by atoms with van der Waals surface area (Å²) in [4.78, 5) is 12.9. The number of hydrogen-bond acceptors (Lipinski definition) is 3. The SMILES string of the molecule is Cc1ccc(S(=O)(=O)N(CC(=O)Nc2cc(C)cc(C)c2)Cc2ccccc2)cc1. The molecule has 0 aliphatic heterocycles. The van der Waals surface area contributed by atoms with Crippen molar-refractivity contribution in [3.63, 3.8) is 0 Å². The fourth-order valence-corrected chi connectivity index (χ4v) is 4.66. The van der Waals surface area contributed by atoms with Crippen LogP contribution in [-0.2, 0) is 21.4 Å². The van der Waals surface area contributed by atoms with E-state index in [9.17, 15) is 13.2 Å². The fraction of sp³-hybridized carbons (Fsp3) is 0.208. The highest BCUT2D eigenvalue weighted by Gasteiger charge is 2.27. The predicted molar refractivity (Wildman–Crippen MR) is 120 cm³/mol. The van der Waals surface area contributed by atoms with Crippen molar-refractivity contribution in [3.8, 4) is 0 Å². The van der Waals surface area contributed by atoms with E-state index in [2.05, 4.69) is 5.32 Å². The normalized spacial score (nSPS) is 11.5. The maximum atomic E-state index is 13.3. The Kier molecular flexibility index (Phi) is 6.70. The molecule has 0 spiro atoms. The lowest BCUT2D eigenvalue weighted by Crippen LogP contribution is -2.37. The summed E-state index contributed by atoms with van der Waals surface area (Å²) in [7, 11) is -3.85. The van der Waals surface area contributed by atoms with Crippen LogP contribution in [0.3, 0.4) is 0 Å². The lowest BCUT2D eigenvalue weighted by molar-refractivity contribution is -0.116. The Hall–Kier alpha value is -2.96. The molecule has 156 valence electrons. The van der Waals surface area contributed by atoms with Crippen molar-refractivity contribution >= 4 is 21.6 Å². The molecule has 5 nitrogen and oxygen atoms in total. The largest absolute Gasteiger partial charge is 0.325 e. The minimum Gasteiger partial charge on any atom is -0.325 e. The van der Waals surface area contributed by atoms with E-state index in [1.165, 1.54) is 4.31 Å². The Labute approximate surface area is 178 Å². The van der Waals surface area contributed by atoms with E-state index in [4.69, 9.17) is 0 Å². The molecule has 1 amide bonds. The molecule has 6 heteroatoms. The van der Waals surface area contributed by atoms with Crippen molar-refractivity contribution in [1.29, 1.82) is 0 Å². The summed E-state index contributed by atoms with van der Waals surface area (Å²) in [5.41, 5.74) is 4.49. The Morgan fingerprint density at radius 1 is 0.833 bits per heavy atom. The number of carbonyl (C=O) groups excluding carboxylic acids is 1. The summed E-state index contributed by atoms with van der Waals surface area (Å²) in [5.74, 6) is -0.383. The molecule has 0 fully saturated rings. The van der Waals surface area contributed by atoms with Crippen LogP contribution in [0.15, 0.2) is 77.7 Å². The summed E-state index contributed by atoms with van der Waals surface area (Å²) in [5, 5.41) is 2.83. The van der Waals surface area contributed by atoms with Crippen LogP contribution in [-0.4, -0.2) is 25.2 Å². The summed E-state index contributed by atoms with van der Waals surface area (Å²) < 4.78 is 27.8. The number of carbonyl (C=O) groups is 1. The minimum absolute atomic E-state index is 0.108. The summed E-state index contributed by atoms with van der Waals surface area (Å²) >= 11 is 0. The third kappa shape index (κ3) is 5.55. The number of amides is 1. The first kappa shape index (κ1) is 21.7. The number of hydrogen-bond donors (Lipinski definition) is 1. The second kappa shape index (κ2) is 9.24. The number of nitrogens with one attached hydrogen (secondary N) is 1. The number of anilines is 1. The molecule has 0 saturated heterocycles. The molecule has 3 aromatic carbocycles. The van der Waals surface area contributed by atoms with E-state index >= 15 is 0 Å². The van der Waals surface area contributed by atoms with Crippen molar-refractivity contribution in [2.75, 3.05) is 11.9 Å². The first-order chi connectivity index (χ1) is 14.2. The van der Waals surface area contributed by atoms with Gasteiger partial charge in [0.05, 0.1) is 11.4 Å². The van der Waals surface area contributed by atoms with Gasteiger partial charge in [0.2, 0.25) is 15.9 Å². The predicted octanol–water partition coefficient (Wildman–Crippen LogP) is 4.44. The first-order valence-electron chi connectivity index (χ1n) is 9.73. The average Bonchev–Trinajstić information content (AvgIpc) is 2.68. The van der Waals surface area contributed by atoms with E-state index in [-0.39, 0.29) is 23.9 Å². The zero-order valence-electron chi connectivity index (χ0n) is 17.4. The number of aryl methyl sites for hydroxylation is 3. The molecule has 0 saturated carbocycles. The molecule has 0 unspecified atom stereocenters. The molecule has 0 heterocycles. The van der Waals surface area contributed by atoms with Gasteiger partial charge in [0.1, 0.15) is 0 Å². The highest BCUT2D eigenvalue weighted by atomic mass is 32.2. The Balaban J connectivity index is 1.87. The van der Waals surface area contributed by atoms with E-state index in [0.717, 1.165) is 22.3 Å². The molecular formula is C24H26N2O3S. The van der Waals surface area contributed by atoms with Crippen LogP contribution < -0.4 is 5.32 Å². The van der Waals surface area contributed by atoms with Gasteiger partial charge in [0.15, 0.2) is 0 Å². The maximum absolute atomic E-state index is 13.3. The molecule has 0 atom stereocenters. The molecule has 0 aliphatic rings. The molecule has 0 aliphatic carbocycles. The molecule has 3 rings (SSSR count). The first-order valence-corrected chi connectivity index (χ1v) is 11.2. The minimum atomic E-state index is -3.85. The third-order valence-corrected chi connectivity index (χ3v) is 6.49. The van der Waals surface area contributed by atoms with E-state index in [0.29, 0.717) is 5.69 Å². The summed E-state index contributed by atoms with van der Waals surface area (Å²) in [6.45, 7) is 5.63. The molecule has 1 N–H and O–H groups in total. The second-order valence-corrected chi connectivity index (χ2v) is 9.43. The molecular weight excluding hydrogens is 396 g/mol. The van der Waals surface area contributed by atoms with Gasteiger partial charge in [0, 0.05) is 12.2 Å². The number of rotatable bonds is 7. The summed E-state index contributed by atoms with van der Waals surface area (Å²) in [6.07, 6.45) is 0. The van der Waals surface area contributed by atoms with Gasteiger partial charge in [-0.1, -0.05) is 54.1 Å². The Morgan fingerprint density at radius 3 is 2.03 bits per heavy atom. The van der Waals surface area contributed by atoms with Crippen molar-refractivity contribution < 1.29 is 13.2 Å². The van der Waals surface area contributed by atoms with Crippen LogP contribution in [0.25, 0.3) is 0 Å². The number of sulfonamides is 1. The molecule has 0 aromatic heterocycles. The number of benzene rings is 3. The Bertz CT molecular complexity index is 1100. The summed E-state index contributed by atoms with van der Waals surface area (Å²) in [6, 6.07) is 21.7. The zero-order chi connectivity index (χ0) is 21.7. The van der Waals surface area contributed by atoms with Crippen LogP contribution >= 0.6 is 0 Å². The van der Waals surface area contributed by atoms with Gasteiger partial charge in [-0.05, 0) is 61.7 Å². The fourth-order valence-electron chi connectivity index (χ4n) is 3.28. The van der Waals surface area contributed by atoms with E-state index in [1.54, 1.807) is 24.3 Å². The zero-order valence-corrected chi connectivity index (χ0v) is 18.2. The highest BCUT2D eigenvalue weighted by Crippen LogP contribution is 2.20. The van der Waals surface area contributed by atoms with Gasteiger partial charge >= 0.3 is 0 Å². The van der Waals surface area contributed by atoms with Crippen molar-refractivity contribution in [3.05, 3.63) is 95.1 Å². The van der Waals surface area contributed by atoms with E-state index in [1.807, 2.05) is 69.3 Å². The van der Waals surface area contributed by atoms with Gasteiger partial charge in [0.25, 0.3) is 0 Å². The maximum Gasteiger partial charge on any atom is 0.243 e. The topological polar surface area (TPSA) is 66.5 Å². The number of nitrogens with zero attached hydrogens (tertiary/aromatic N) is 1. The lowest BCUT2D eigenvalue weighted by Gasteiger charge is -2.22. The van der Waals surface area contributed by atoms with E-state index < -0.39 is 10.0 Å². The van der Waals surface area contributed by atoms with Crippen LogP contribution in [0.2, 0.25) is 0 Å². The quantitative estimate of drug-likeness (QED) is 0.612. The van der Waals surface area contributed by atoms with Crippen molar-refractivity contribution in [1.82, 2.24) is 4.31 Å². The third-order valence-electron chi connectivity index (χ3n) is 4.69. The standard InChI is InChI=1S/C24H26N2O3S/c1-18-9-11-23(12-10-18)30(28,29)26(16-21-7-5-4-6-8-21)17-24(27)25-22-14-19(2)13-20(3)15-22/h4-15H,16-17H2,1-3H3,(H,25,27). The van der Waals surface area contributed by atoms with Crippen molar-refractivity contribution in [2.24, 2.45) is 0 Å². The average molecular weight is 423 g/mol. The Morgan fingerprint density at radius 2 is 1.43 bits per heavy atom. The van der Waals surface area contributed by atoms with Crippen LogP contribution in [0, 0.1) is 20.8 Å². The van der Waals surface area contributed by atoms with Crippen LogP contribution in [0.5, 0.6) is 0 Å². The van der Waals surface area contributed by atoms with Gasteiger partial charge in [-0.25, -0.2) is 8.42 Å². The van der Waals surface area contributed by atoms with Crippen LogP contribution in [0.1, 0.15) is 22.3 Å². The van der Waals surface area contributed by atoms with Gasteiger partial charge in [-0.3, -0.25) is 4.79 Å². The molecule has 0 bridgehead atoms. The smallest absolute Gasteiger partial charge is 0.243 e. The molecule has 3 aromatic rings. The lowest BCUT2D eigenvalue weighted by atomic mass is 10.1. The van der Waals surface area contributed by atoms with Crippen LogP contribution in [0.4, 0.5) is 5.69 Å². The van der Waals surface area contributed by atoms with Gasteiger partial charge in [-0.15, -0.1) is 0 Å². The van der Waals surface area contributed by atoms with Gasteiger partial charge in [-0.2, -0.15) is 4.31 Å².